The van der Waals surface area contributed by atoms with Crippen molar-refractivity contribution in [3.8, 4) is 0 Å². The van der Waals surface area contributed by atoms with Gasteiger partial charge in [0.1, 0.15) is 47.1 Å². The molecule has 12 rings (SSSR count). The van der Waals surface area contributed by atoms with Gasteiger partial charge in [-0.25, -0.2) is 29.7 Å². The van der Waals surface area contributed by atoms with Gasteiger partial charge in [-0.1, -0.05) is 54.1 Å². The molecule has 0 spiro atoms. The summed E-state index contributed by atoms with van der Waals surface area (Å²) in [5, 5.41) is 19.7. The fourth-order valence-electron chi connectivity index (χ4n) is 9.29. The van der Waals surface area contributed by atoms with Crippen LogP contribution >= 0.6 is 11.6 Å². The third-order valence-corrected chi connectivity index (χ3v) is 13.4. The zero-order chi connectivity index (χ0) is 54.2. The lowest BCUT2D eigenvalue weighted by atomic mass is 10.0. The van der Waals surface area contributed by atoms with Gasteiger partial charge in [0.05, 0.1) is 17.1 Å². The summed E-state index contributed by atoms with van der Waals surface area (Å²) in [5.74, 6) is -0.766. The molecular weight excluding hydrogens is 1030 g/mol. The molecule has 25 heteroatoms. The monoisotopic (exact) mass is 1070 g/mol. The van der Waals surface area contributed by atoms with Crippen molar-refractivity contribution in [3.63, 3.8) is 0 Å². The Morgan fingerprint density at radius 2 is 1.12 bits per heavy atom. The van der Waals surface area contributed by atoms with E-state index in [1.165, 1.54) is 58.1 Å². The van der Waals surface area contributed by atoms with E-state index in [2.05, 4.69) is 85.5 Å². The molecule has 6 N–H and O–H groups in total. The number of fused-ring (bicyclic) bond motifs is 4. The van der Waals surface area contributed by atoms with E-state index in [0.717, 1.165) is 51.8 Å². The largest absolute Gasteiger partial charge is 0.361 e. The number of aliphatic imine (C=N–C) groups is 2. The minimum absolute atomic E-state index is 0.0148. The van der Waals surface area contributed by atoms with Crippen molar-refractivity contribution < 1.29 is 37.6 Å². The van der Waals surface area contributed by atoms with E-state index in [0.29, 0.717) is 47.4 Å². The van der Waals surface area contributed by atoms with Crippen molar-refractivity contribution in [1.29, 1.82) is 0 Å². The Morgan fingerprint density at radius 3 is 1.56 bits per heavy atom. The van der Waals surface area contributed by atoms with Crippen LogP contribution in [-0.2, 0) is 35.6 Å². The van der Waals surface area contributed by atoms with Gasteiger partial charge < -0.3 is 30.9 Å². The predicted molar refractivity (Wildman–Crippen MR) is 276 cm³/mol. The Morgan fingerprint density at radius 1 is 0.641 bits per heavy atom. The lowest BCUT2D eigenvalue weighted by molar-refractivity contribution is 0.0916. The molecule has 392 valence electrons. The number of aromatic nitrogens is 8. The zero-order valence-corrected chi connectivity index (χ0v) is 41.9. The summed E-state index contributed by atoms with van der Waals surface area (Å²) in [5.41, 5.74) is 13.4. The summed E-state index contributed by atoms with van der Waals surface area (Å²) in [4.78, 5) is 87.8. The van der Waals surface area contributed by atoms with Gasteiger partial charge in [-0.2, -0.15) is 39.2 Å². The van der Waals surface area contributed by atoms with Gasteiger partial charge in [0, 0.05) is 36.3 Å². The molecule has 0 radical (unpaired) electrons. The van der Waals surface area contributed by atoms with E-state index in [1.54, 1.807) is 19.1 Å². The molecule has 2 aliphatic carbocycles. The molecule has 6 heterocycles. The maximum atomic E-state index is 13.6. The Hall–Kier alpha value is -9.97. The van der Waals surface area contributed by atoms with Gasteiger partial charge >= 0.3 is 0 Å². The van der Waals surface area contributed by atoms with Gasteiger partial charge in [-0.05, 0) is 115 Å². The highest BCUT2D eigenvalue weighted by Crippen LogP contribution is 2.34. The van der Waals surface area contributed by atoms with Crippen molar-refractivity contribution in [2.24, 2.45) is 9.98 Å². The summed E-state index contributed by atoms with van der Waals surface area (Å²) < 4.78 is 29.6. The van der Waals surface area contributed by atoms with E-state index in [9.17, 15) is 28.0 Å². The second-order valence-corrected chi connectivity index (χ2v) is 18.7. The van der Waals surface area contributed by atoms with Crippen molar-refractivity contribution in [2.45, 2.75) is 57.8 Å². The highest BCUT2D eigenvalue weighted by atomic mass is 35.5. The van der Waals surface area contributed by atoms with Gasteiger partial charge in [0.15, 0.2) is 11.7 Å². The number of carbonyl (C=O) groups excluding carboxylic acids is 4. The number of rotatable bonds is 12. The number of halogens is 3. The number of amides is 4. The number of nitrogens with zero attached hydrogens (tertiary/aromatic N) is 10. The Kier molecular flexibility index (Phi) is 13.5. The summed E-state index contributed by atoms with van der Waals surface area (Å²) in [7, 11) is 0. The number of nitrogens with one attached hydrogen (secondary N) is 6. The van der Waals surface area contributed by atoms with Crippen LogP contribution < -0.4 is 32.2 Å². The molecule has 0 saturated carbocycles. The standard InChI is InChI=1S/C27H23FN8O3.C26H20ClFN8O3/c1-14-9-16(3-7-20(14)28)12-29-25(37)22-11-23(36-27(34-22)30-13-31-36)26(38)33-21-8-5-17-10-18(4-6-19(17)21)24-32-15(2)39-35-24;1-13-32-23(35-39-13)16-3-5-17-15(9-16)4-7-20(17)33-25(38)22-10-21(34-26-30-12-31-36(22)26)24(37)29-11-14-2-6-19(28)18(27)8-14/h3-4,6-7,9-11,13,21H,2,5,8,12H2,1H3,(H,29,37)(H,32,35)(H,33,38);2-3,5-6,8-10,12,20H,1,4,7,11H2,(H,29,37)(H,32,35)(H,33,38)/t21-;20-/m00/s1. The zero-order valence-electron chi connectivity index (χ0n) is 41.1. The van der Waals surface area contributed by atoms with E-state index >= 15 is 0 Å². The summed E-state index contributed by atoms with van der Waals surface area (Å²) >= 11 is 5.82. The van der Waals surface area contributed by atoms with Crippen LogP contribution in [0.15, 0.2) is 132 Å². The summed E-state index contributed by atoms with van der Waals surface area (Å²) in [6, 6.07) is 22.8. The van der Waals surface area contributed by atoms with Crippen LogP contribution in [-0.4, -0.2) is 74.5 Å². The number of hydrogen-bond acceptors (Lipinski definition) is 16. The molecule has 0 bridgehead atoms. The first-order valence-corrected chi connectivity index (χ1v) is 24.5. The van der Waals surface area contributed by atoms with Gasteiger partial charge in [-0.3, -0.25) is 19.2 Å². The highest BCUT2D eigenvalue weighted by Gasteiger charge is 2.30. The minimum atomic E-state index is -0.548. The molecule has 0 unspecified atom stereocenters. The minimum Gasteiger partial charge on any atom is -0.361 e. The highest BCUT2D eigenvalue weighted by molar-refractivity contribution is 6.30. The lowest BCUT2D eigenvalue weighted by Crippen LogP contribution is -2.30. The number of hydroxylamine groups is 2. The first-order chi connectivity index (χ1) is 37.7. The van der Waals surface area contributed by atoms with Gasteiger partial charge in [0.25, 0.3) is 35.2 Å². The summed E-state index contributed by atoms with van der Waals surface area (Å²) in [6.45, 7) is 9.24. The maximum absolute atomic E-state index is 13.6. The van der Waals surface area contributed by atoms with E-state index < -0.39 is 29.4 Å². The summed E-state index contributed by atoms with van der Waals surface area (Å²) in [6.07, 6.45) is 5.48. The SMILES string of the molecule is C=C1N=C(c2ccc3c(c2)CC[C@@H]3NC(=O)c2cc(C(=O)NCc3ccc(F)c(C)c3)nc3ncnn23)NO1.C=C1N=C(c2ccc3c(c2)CC[C@@H]3NC(=O)c2cc(C(=O)NCc3ccc(F)c(Cl)c3)nc3ncnn23)NO1. The van der Waals surface area contributed by atoms with Crippen LogP contribution in [0.1, 0.15) is 117 Å². The van der Waals surface area contributed by atoms with E-state index in [1.807, 2.05) is 36.4 Å². The van der Waals surface area contributed by atoms with Crippen molar-refractivity contribution in [1.82, 2.24) is 71.4 Å². The lowest BCUT2D eigenvalue weighted by Gasteiger charge is -2.15. The Bertz CT molecular complexity index is 3650. The third-order valence-electron chi connectivity index (χ3n) is 13.1. The number of carbonyl (C=O) groups is 4. The fraction of sp³-hybridized carbons (Fsp3) is 0.170. The van der Waals surface area contributed by atoms with Crippen molar-refractivity contribution >= 4 is 58.5 Å². The molecule has 8 aromatic rings. The van der Waals surface area contributed by atoms with Crippen molar-refractivity contribution in [2.75, 3.05) is 0 Å². The molecule has 0 saturated heterocycles. The number of aryl methyl sites for hydroxylation is 3. The van der Waals surface area contributed by atoms with Crippen LogP contribution in [0.5, 0.6) is 0 Å². The molecule has 4 aromatic carbocycles. The quantitative estimate of drug-likeness (QED) is 0.0859. The average Bonchev–Trinajstić information content (AvgIpc) is 4.43. The smallest absolute Gasteiger partial charge is 0.270 e. The van der Waals surface area contributed by atoms with E-state index in [-0.39, 0.29) is 70.3 Å². The molecule has 22 nitrogen and oxygen atoms in total. The third kappa shape index (κ3) is 10.4. The molecule has 2 atom stereocenters. The van der Waals surface area contributed by atoms with Crippen LogP contribution in [0, 0.1) is 18.6 Å². The predicted octanol–water partition coefficient (Wildman–Crippen LogP) is 5.69. The Balaban J connectivity index is 0.000000165. The van der Waals surface area contributed by atoms with Crippen LogP contribution in [0.2, 0.25) is 5.02 Å². The molecule has 4 aliphatic rings. The normalized spacial score (nSPS) is 15.9. The van der Waals surface area contributed by atoms with Crippen LogP contribution in [0.3, 0.4) is 0 Å². The van der Waals surface area contributed by atoms with Crippen LogP contribution in [0.25, 0.3) is 11.6 Å². The van der Waals surface area contributed by atoms with Gasteiger partial charge in [0.2, 0.25) is 11.8 Å². The topological polar surface area (TPSA) is 270 Å². The average molecular weight is 1070 g/mol. The second-order valence-electron chi connectivity index (χ2n) is 18.3. The number of hydrogen-bond donors (Lipinski definition) is 6. The first-order valence-electron chi connectivity index (χ1n) is 24.2. The molecule has 2 aliphatic heterocycles. The number of benzene rings is 4. The van der Waals surface area contributed by atoms with Crippen LogP contribution in [0.4, 0.5) is 8.78 Å². The van der Waals surface area contributed by atoms with Gasteiger partial charge in [-0.15, -0.1) is 0 Å². The first kappa shape index (κ1) is 50.2. The maximum Gasteiger partial charge on any atom is 0.270 e. The Labute approximate surface area is 445 Å². The fourth-order valence-corrected chi connectivity index (χ4v) is 9.49. The number of amidine groups is 2. The molecule has 4 aromatic heterocycles. The van der Waals surface area contributed by atoms with Crippen molar-refractivity contribution in [3.05, 3.63) is 212 Å². The molecule has 78 heavy (non-hydrogen) atoms. The van der Waals surface area contributed by atoms with E-state index in [4.69, 9.17) is 21.3 Å². The molecule has 4 amide bonds. The molecular formula is C53H43ClF2N16O6. The second kappa shape index (κ2) is 21.0. The molecule has 0 fully saturated rings.